The van der Waals surface area contributed by atoms with Crippen molar-refractivity contribution in [1.29, 1.82) is 0 Å². The Morgan fingerprint density at radius 3 is 2.65 bits per heavy atom. The number of benzene rings is 2. The van der Waals surface area contributed by atoms with Gasteiger partial charge in [0.15, 0.2) is 5.69 Å². The molecule has 0 spiro atoms. The molecule has 17 heavy (non-hydrogen) atoms. The molecule has 0 N–H and O–H groups in total. The molecule has 0 atom stereocenters. The number of hydrogen-bond acceptors (Lipinski definition) is 1. The van der Waals surface area contributed by atoms with E-state index in [0.29, 0.717) is 11.3 Å². The molecule has 2 rings (SSSR count). The predicted octanol–water partition coefficient (Wildman–Crippen LogP) is 3.09. The molecule has 0 heterocycles. The van der Waals surface area contributed by atoms with Gasteiger partial charge in [0, 0.05) is 19.7 Å². The van der Waals surface area contributed by atoms with Crippen molar-refractivity contribution in [2.75, 3.05) is 14.1 Å². The van der Waals surface area contributed by atoms with Gasteiger partial charge in [-0.05, 0) is 16.8 Å². The van der Waals surface area contributed by atoms with Gasteiger partial charge in [-0.2, -0.15) is 0 Å². The van der Waals surface area contributed by atoms with E-state index in [1.165, 1.54) is 0 Å². The number of carbonyl (C=O) groups excluding carboxylic acids is 1. The molecule has 0 aromatic heterocycles. The SMILES string of the molecule is [C-]#[N+]c1cccc2cc(C(=O)N(C)C)ccc12. The van der Waals surface area contributed by atoms with Crippen LogP contribution in [0.4, 0.5) is 5.69 Å². The fourth-order valence-corrected chi connectivity index (χ4v) is 1.76. The lowest BCUT2D eigenvalue weighted by Crippen LogP contribution is -2.21. The van der Waals surface area contributed by atoms with E-state index in [2.05, 4.69) is 4.85 Å². The van der Waals surface area contributed by atoms with Gasteiger partial charge in [0.25, 0.3) is 5.91 Å². The molecular formula is C14H12N2O. The van der Waals surface area contributed by atoms with Crippen molar-refractivity contribution in [2.45, 2.75) is 0 Å². The second-order valence-corrected chi connectivity index (χ2v) is 4.02. The summed E-state index contributed by atoms with van der Waals surface area (Å²) < 4.78 is 0. The minimum absolute atomic E-state index is 0.0277. The maximum atomic E-state index is 11.8. The molecule has 1 amide bonds. The highest BCUT2D eigenvalue weighted by Gasteiger charge is 2.09. The Hall–Kier alpha value is -2.34. The highest BCUT2D eigenvalue weighted by molar-refractivity contribution is 6.01. The van der Waals surface area contributed by atoms with Crippen LogP contribution in [0.1, 0.15) is 10.4 Å². The maximum absolute atomic E-state index is 11.8. The first kappa shape index (κ1) is 11.2. The van der Waals surface area contributed by atoms with Gasteiger partial charge in [0.05, 0.1) is 6.57 Å². The topological polar surface area (TPSA) is 24.7 Å². The number of hydrogen-bond donors (Lipinski definition) is 0. The zero-order chi connectivity index (χ0) is 12.4. The molecule has 0 aliphatic heterocycles. The van der Waals surface area contributed by atoms with Gasteiger partial charge >= 0.3 is 0 Å². The zero-order valence-corrected chi connectivity index (χ0v) is 9.77. The van der Waals surface area contributed by atoms with Gasteiger partial charge in [-0.1, -0.05) is 30.3 Å². The summed E-state index contributed by atoms with van der Waals surface area (Å²) in [6.07, 6.45) is 0. The molecule has 3 nitrogen and oxygen atoms in total. The van der Waals surface area contributed by atoms with Crippen LogP contribution in [-0.4, -0.2) is 24.9 Å². The Labute approximate surface area is 100 Å². The van der Waals surface area contributed by atoms with Crippen molar-refractivity contribution >= 4 is 22.4 Å². The van der Waals surface area contributed by atoms with E-state index >= 15 is 0 Å². The highest BCUT2D eigenvalue weighted by atomic mass is 16.2. The Balaban J connectivity index is 2.61. The number of rotatable bonds is 1. The molecule has 84 valence electrons. The average molecular weight is 224 g/mol. The fraction of sp³-hybridized carbons (Fsp3) is 0.143. The van der Waals surface area contributed by atoms with E-state index in [1.54, 1.807) is 31.1 Å². The molecule has 0 aliphatic rings. The summed E-state index contributed by atoms with van der Waals surface area (Å²) in [5, 5.41) is 1.81. The quantitative estimate of drug-likeness (QED) is 0.683. The third-order valence-corrected chi connectivity index (χ3v) is 2.63. The van der Waals surface area contributed by atoms with Crippen LogP contribution in [0.2, 0.25) is 0 Å². The molecule has 0 unspecified atom stereocenters. The Bertz CT molecular complexity index is 624. The van der Waals surface area contributed by atoms with Crippen molar-refractivity contribution in [2.24, 2.45) is 0 Å². The van der Waals surface area contributed by atoms with Crippen LogP contribution in [0.25, 0.3) is 15.6 Å². The molecule has 0 fully saturated rings. The van der Waals surface area contributed by atoms with Crippen LogP contribution in [0.5, 0.6) is 0 Å². The van der Waals surface area contributed by atoms with Crippen molar-refractivity contribution in [3.05, 3.63) is 53.4 Å². The van der Waals surface area contributed by atoms with E-state index in [9.17, 15) is 4.79 Å². The summed E-state index contributed by atoms with van der Waals surface area (Å²) in [6, 6.07) is 10.9. The molecule has 3 heteroatoms. The van der Waals surface area contributed by atoms with Crippen LogP contribution in [-0.2, 0) is 0 Å². The van der Waals surface area contributed by atoms with Gasteiger partial charge in [-0.15, -0.1) is 0 Å². The Morgan fingerprint density at radius 2 is 2.00 bits per heavy atom. The van der Waals surface area contributed by atoms with E-state index in [1.807, 2.05) is 24.3 Å². The van der Waals surface area contributed by atoms with Crippen LogP contribution in [0, 0.1) is 6.57 Å². The number of carbonyl (C=O) groups is 1. The van der Waals surface area contributed by atoms with Crippen molar-refractivity contribution < 1.29 is 4.79 Å². The highest BCUT2D eigenvalue weighted by Crippen LogP contribution is 2.26. The molecule has 0 saturated heterocycles. The van der Waals surface area contributed by atoms with Gasteiger partial charge in [-0.25, -0.2) is 4.85 Å². The smallest absolute Gasteiger partial charge is 0.253 e. The third kappa shape index (κ3) is 1.98. The molecule has 0 radical (unpaired) electrons. The summed E-state index contributed by atoms with van der Waals surface area (Å²) in [6.45, 7) is 7.08. The molecule has 0 saturated carbocycles. The number of fused-ring (bicyclic) bond motifs is 1. The number of amides is 1. The Kier molecular flexibility index (Phi) is 2.80. The second kappa shape index (κ2) is 4.26. The summed E-state index contributed by atoms with van der Waals surface area (Å²) in [4.78, 5) is 16.8. The normalized spacial score (nSPS) is 9.94. The molecule has 0 bridgehead atoms. The fourth-order valence-electron chi connectivity index (χ4n) is 1.76. The van der Waals surface area contributed by atoms with E-state index in [0.717, 1.165) is 10.8 Å². The van der Waals surface area contributed by atoms with E-state index in [-0.39, 0.29) is 5.91 Å². The first-order valence-corrected chi connectivity index (χ1v) is 5.25. The largest absolute Gasteiger partial charge is 0.345 e. The summed E-state index contributed by atoms with van der Waals surface area (Å²) in [5.41, 5.74) is 1.26. The van der Waals surface area contributed by atoms with Crippen molar-refractivity contribution in [3.8, 4) is 0 Å². The first-order valence-electron chi connectivity index (χ1n) is 5.25. The maximum Gasteiger partial charge on any atom is 0.253 e. The minimum Gasteiger partial charge on any atom is -0.345 e. The first-order chi connectivity index (χ1) is 8.13. The van der Waals surface area contributed by atoms with Crippen LogP contribution >= 0.6 is 0 Å². The van der Waals surface area contributed by atoms with Crippen LogP contribution < -0.4 is 0 Å². The third-order valence-electron chi connectivity index (χ3n) is 2.63. The van der Waals surface area contributed by atoms with Crippen LogP contribution in [0.3, 0.4) is 0 Å². The standard InChI is InChI=1S/C14H12N2O/c1-15-13-6-4-5-10-9-11(7-8-12(10)13)14(17)16(2)3/h4-9H,2-3H3. The van der Waals surface area contributed by atoms with Gasteiger partial charge < -0.3 is 4.90 Å². The lowest BCUT2D eigenvalue weighted by atomic mass is 10.0. The average Bonchev–Trinajstić information content (AvgIpc) is 2.36. The number of nitrogens with zero attached hydrogens (tertiary/aromatic N) is 2. The predicted molar refractivity (Wildman–Crippen MR) is 68.2 cm³/mol. The zero-order valence-electron chi connectivity index (χ0n) is 9.77. The van der Waals surface area contributed by atoms with Gasteiger partial charge in [0.2, 0.25) is 0 Å². The van der Waals surface area contributed by atoms with E-state index < -0.39 is 0 Å². The molecule has 0 aliphatic carbocycles. The van der Waals surface area contributed by atoms with Crippen molar-refractivity contribution in [1.82, 2.24) is 4.90 Å². The monoisotopic (exact) mass is 224 g/mol. The lowest BCUT2D eigenvalue weighted by molar-refractivity contribution is 0.0828. The molecular weight excluding hydrogens is 212 g/mol. The Morgan fingerprint density at radius 1 is 1.24 bits per heavy atom. The molecule has 2 aromatic rings. The van der Waals surface area contributed by atoms with E-state index in [4.69, 9.17) is 6.57 Å². The summed E-state index contributed by atoms with van der Waals surface area (Å²) in [7, 11) is 3.45. The van der Waals surface area contributed by atoms with Crippen LogP contribution in [0.15, 0.2) is 36.4 Å². The second-order valence-electron chi connectivity index (χ2n) is 4.02. The van der Waals surface area contributed by atoms with Gasteiger partial charge in [0.1, 0.15) is 0 Å². The minimum atomic E-state index is -0.0277. The summed E-state index contributed by atoms with van der Waals surface area (Å²) >= 11 is 0. The van der Waals surface area contributed by atoms with Gasteiger partial charge in [-0.3, -0.25) is 4.79 Å². The summed E-state index contributed by atoms with van der Waals surface area (Å²) in [5.74, 6) is -0.0277. The lowest BCUT2D eigenvalue weighted by Gasteiger charge is -2.11. The van der Waals surface area contributed by atoms with Crippen molar-refractivity contribution in [3.63, 3.8) is 0 Å². The molecule has 2 aromatic carbocycles.